The summed E-state index contributed by atoms with van der Waals surface area (Å²) >= 11 is 1.50. The van der Waals surface area contributed by atoms with Gasteiger partial charge in [-0.1, -0.05) is 39.0 Å². The van der Waals surface area contributed by atoms with Gasteiger partial charge < -0.3 is 31.0 Å². The first-order valence-electron chi connectivity index (χ1n) is 12.3. The molecule has 0 unspecified atom stereocenters. The molecule has 0 aliphatic carbocycles. The number of hydrogen-bond donors (Lipinski definition) is 5. The predicted molar refractivity (Wildman–Crippen MR) is 163 cm³/mol. The maximum Gasteiger partial charge on any atom is 0.324 e. The lowest BCUT2D eigenvalue weighted by atomic mass is 9.92. The molecule has 3 rings (SSSR count). The van der Waals surface area contributed by atoms with Crippen molar-refractivity contribution in [1.29, 1.82) is 0 Å². The molecule has 0 fully saturated rings. The average Bonchev–Trinajstić information content (AvgIpc) is 2.94. The number of carbonyl (C=O) groups excluding carboxylic acids is 2. The van der Waals surface area contributed by atoms with Gasteiger partial charge in [0, 0.05) is 41.4 Å². The van der Waals surface area contributed by atoms with Gasteiger partial charge in [-0.15, -0.1) is 11.8 Å². The number of thioether (sulfide) groups is 1. The number of pyridine rings is 1. The van der Waals surface area contributed by atoms with Crippen LogP contribution in [0.1, 0.15) is 20.8 Å². The third-order valence-electron chi connectivity index (χ3n) is 5.12. The molecule has 1 aromatic heterocycles. The van der Waals surface area contributed by atoms with Gasteiger partial charge >= 0.3 is 6.03 Å². The van der Waals surface area contributed by atoms with Crippen molar-refractivity contribution in [3.8, 4) is 11.5 Å². The number of aldehydes is 1. The molecule has 2 amide bonds. The molecule has 0 radical (unpaired) electrons. The number of allylic oxidation sites excluding steroid dienone is 1. The molecule has 0 saturated carbocycles. The van der Waals surface area contributed by atoms with E-state index in [-0.39, 0.29) is 12.0 Å². The number of aliphatic hydroxyl groups is 1. The number of benzene rings is 2. The van der Waals surface area contributed by atoms with Gasteiger partial charge in [-0.05, 0) is 42.7 Å². The molecule has 11 heteroatoms. The van der Waals surface area contributed by atoms with Crippen LogP contribution in [0.25, 0.3) is 0 Å². The Bertz CT molecular complexity index is 1320. The molecule has 2 aromatic carbocycles. The second-order valence-corrected chi connectivity index (χ2v) is 10.0. The van der Waals surface area contributed by atoms with Crippen LogP contribution in [0.4, 0.5) is 22.0 Å². The van der Waals surface area contributed by atoms with Crippen molar-refractivity contribution < 1.29 is 19.4 Å². The van der Waals surface area contributed by atoms with E-state index in [0.29, 0.717) is 46.5 Å². The quantitative estimate of drug-likeness (QED) is 0.103. The van der Waals surface area contributed by atoms with E-state index < -0.39 is 6.03 Å². The van der Waals surface area contributed by atoms with Crippen LogP contribution in [0.15, 0.2) is 88.5 Å². The Morgan fingerprint density at radius 1 is 1.12 bits per heavy atom. The van der Waals surface area contributed by atoms with Crippen molar-refractivity contribution >= 4 is 47.1 Å². The third-order valence-corrected chi connectivity index (χ3v) is 5.90. The number of anilines is 2. The fraction of sp³-hybridized carbons (Fsp3) is 0.241. The Hall–Kier alpha value is -4.35. The number of hydrogen-bond acceptors (Lipinski definition) is 9. The Labute approximate surface area is 239 Å². The fourth-order valence-corrected chi connectivity index (χ4v) is 3.53. The molecular weight excluding hydrogens is 528 g/mol. The lowest BCUT2D eigenvalue weighted by Gasteiger charge is -2.19. The zero-order valence-corrected chi connectivity index (χ0v) is 24.1. The van der Waals surface area contributed by atoms with E-state index in [2.05, 4.69) is 25.9 Å². The van der Waals surface area contributed by atoms with Gasteiger partial charge in [0.05, 0.1) is 18.0 Å². The lowest BCUT2D eigenvalue weighted by Crippen LogP contribution is -2.34. The van der Waals surface area contributed by atoms with Crippen LogP contribution in [-0.2, 0) is 4.79 Å². The molecule has 0 bridgehead atoms. The van der Waals surface area contributed by atoms with Gasteiger partial charge in [-0.2, -0.15) is 0 Å². The number of nitrogens with zero attached hydrogens (tertiary/aromatic N) is 2. The van der Waals surface area contributed by atoms with Crippen molar-refractivity contribution in [3.63, 3.8) is 0 Å². The van der Waals surface area contributed by atoms with E-state index in [1.54, 1.807) is 37.5 Å². The average molecular weight is 565 g/mol. The molecule has 1 heterocycles. The highest BCUT2D eigenvalue weighted by molar-refractivity contribution is 7.98. The molecule has 3 aromatic rings. The number of ether oxygens (including phenoxy) is 1. The number of nitrogens with two attached hydrogens (primary N) is 1. The fourth-order valence-electron chi connectivity index (χ4n) is 2.96. The standard InChI is InChI=1S/C27H32N6O2S.C2H4O2/c1-27(2,3)23(28)17-25(31-18-9-7-6-8-10-18)33-26(34)32-21-12-11-19(15-22(21)36-5)35-20-13-14-30-24(16-20)29-4;3-1-2-4/h6-17H,28H2,1-5H3,(H,29,30)(H2,31,32,33,34);1,4H,2H2/b23-17-;. The minimum atomic E-state index is -0.431. The Kier molecular flexibility index (Phi) is 12.7. The molecular formula is C29H36N6O4S. The number of aliphatic imine (C=N–C) groups is 1. The van der Waals surface area contributed by atoms with Crippen LogP contribution >= 0.6 is 11.8 Å². The van der Waals surface area contributed by atoms with Crippen LogP contribution in [-0.4, -0.2) is 48.2 Å². The van der Waals surface area contributed by atoms with Crippen molar-refractivity contribution in [3.05, 3.63) is 78.6 Å². The highest BCUT2D eigenvalue weighted by atomic mass is 32.2. The molecule has 0 spiro atoms. The Balaban J connectivity index is 0.00000131. The van der Waals surface area contributed by atoms with Crippen LogP contribution in [0.5, 0.6) is 11.5 Å². The zero-order valence-electron chi connectivity index (χ0n) is 23.3. The summed E-state index contributed by atoms with van der Waals surface area (Å²) in [5.74, 6) is 2.35. The van der Waals surface area contributed by atoms with E-state index in [4.69, 9.17) is 20.4 Å². The number of amides is 2. The first-order valence-corrected chi connectivity index (χ1v) is 13.6. The largest absolute Gasteiger partial charge is 0.457 e. The number of rotatable bonds is 8. The summed E-state index contributed by atoms with van der Waals surface area (Å²) in [5.41, 5.74) is 7.93. The summed E-state index contributed by atoms with van der Waals surface area (Å²) in [6.07, 6.45) is 5.72. The van der Waals surface area contributed by atoms with Gasteiger partial charge in [-0.3, -0.25) is 5.32 Å². The van der Waals surface area contributed by atoms with Crippen LogP contribution in [0.2, 0.25) is 0 Å². The molecule has 212 valence electrons. The summed E-state index contributed by atoms with van der Waals surface area (Å²) in [4.78, 5) is 31.5. The van der Waals surface area contributed by atoms with Gasteiger partial charge in [0.25, 0.3) is 0 Å². The SMILES string of the molecule is CNc1cc(Oc2ccc(NC(=O)NC(/C=C(\N)C(C)(C)C)=Nc3ccccc3)c(SC)c2)ccn1.O=CCO. The first kappa shape index (κ1) is 31.9. The van der Waals surface area contributed by atoms with E-state index in [1.807, 2.05) is 69.5 Å². The summed E-state index contributed by atoms with van der Waals surface area (Å²) in [7, 11) is 1.80. The molecule has 0 atom stereocenters. The summed E-state index contributed by atoms with van der Waals surface area (Å²) < 4.78 is 5.97. The minimum Gasteiger partial charge on any atom is -0.457 e. The first-order chi connectivity index (χ1) is 19.1. The maximum atomic E-state index is 12.9. The second kappa shape index (κ2) is 15.9. The number of urea groups is 1. The predicted octanol–water partition coefficient (Wildman–Crippen LogP) is 5.56. The summed E-state index contributed by atoms with van der Waals surface area (Å²) in [6, 6.07) is 18.0. The minimum absolute atomic E-state index is 0.278. The molecule has 40 heavy (non-hydrogen) atoms. The van der Waals surface area contributed by atoms with Crippen LogP contribution in [0, 0.1) is 5.41 Å². The van der Waals surface area contributed by atoms with Crippen LogP contribution < -0.4 is 26.4 Å². The van der Waals surface area contributed by atoms with Gasteiger partial charge in [-0.25, -0.2) is 14.8 Å². The molecule has 10 nitrogen and oxygen atoms in total. The Morgan fingerprint density at radius 2 is 1.80 bits per heavy atom. The third kappa shape index (κ3) is 10.8. The number of para-hydroxylation sites is 1. The topological polar surface area (TPSA) is 151 Å². The zero-order chi connectivity index (χ0) is 29.5. The maximum absolute atomic E-state index is 12.9. The molecule has 6 N–H and O–H groups in total. The Morgan fingerprint density at radius 3 is 2.40 bits per heavy atom. The van der Waals surface area contributed by atoms with Crippen molar-refractivity contribution in [2.24, 2.45) is 16.1 Å². The van der Waals surface area contributed by atoms with E-state index in [9.17, 15) is 4.79 Å². The van der Waals surface area contributed by atoms with Crippen molar-refractivity contribution in [1.82, 2.24) is 10.3 Å². The van der Waals surface area contributed by atoms with Gasteiger partial charge in [0.2, 0.25) is 0 Å². The molecule has 0 aliphatic rings. The van der Waals surface area contributed by atoms with E-state index in [0.717, 1.165) is 4.90 Å². The van der Waals surface area contributed by atoms with E-state index in [1.165, 1.54) is 11.8 Å². The van der Waals surface area contributed by atoms with Crippen molar-refractivity contribution in [2.75, 3.05) is 30.5 Å². The monoisotopic (exact) mass is 564 g/mol. The van der Waals surface area contributed by atoms with Crippen LogP contribution in [0.3, 0.4) is 0 Å². The number of amidine groups is 1. The van der Waals surface area contributed by atoms with E-state index >= 15 is 0 Å². The number of carbonyl (C=O) groups is 2. The smallest absolute Gasteiger partial charge is 0.324 e. The second-order valence-electron chi connectivity index (χ2n) is 9.20. The van der Waals surface area contributed by atoms with Gasteiger partial charge in [0.1, 0.15) is 29.4 Å². The van der Waals surface area contributed by atoms with Gasteiger partial charge in [0.15, 0.2) is 0 Å². The number of aliphatic hydroxyl groups excluding tert-OH is 1. The lowest BCUT2D eigenvalue weighted by molar-refractivity contribution is -0.110. The normalized spacial score (nSPS) is 11.6. The summed E-state index contributed by atoms with van der Waals surface area (Å²) in [5, 5.41) is 16.2. The molecule has 0 aliphatic heterocycles. The van der Waals surface area contributed by atoms with Crippen molar-refractivity contribution in [2.45, 2.75) is 25.7 Å². The summed E-state index contributed by atoms with van der Waals surface area (Å²) in [6.45, 7) is 5.64. The number of nitrogens with one attached hydrogen (secondary N) is 3. The highest BCUT2D eigenvalue weighted by Gasteiger charge is 2.16. The number of aromatic nitrogens is 1. The highest BCUT2D eigenvalue weighted by Crippen LogP contribution is 2.32. The molecule has 0 saturated heterocycles.